The van der Waals surface area contributed by atoms with Crippen molar-refractivity contribution in [3.8, 4) is 0 Å². The lowest BCUT2D eigenvalue weighted by Crippen LogP contribution is -2.45. The Bertz CT molecular complexity index is 1230. The van der Waals surface area contributed by atoms with Crippen LogP contribution in [0.5, 0.6) is 0 Å². The zero-order valence-electron chi connectivity index (χ0n) is 24.2. The third kappa shape index (κ3) is 5.93. The molecule has 8 heteroatoms. The molecular formula is C32H43N3O5. The summed E-state index contributed by atoms with van der Waals surface area (Å²) in [6.45, 7) is 9.52. The number of aliphatic hydroxyl groups excluding tert-OH is 1. The molecule has 8 nitrogen and oxygen atoms in total. The van der Waals surface area contributed by atoms with Crippen LogP contribution in [0.3, 0.4) is 0 Å². The van der Waals surface area contributed by atoms with Gasteiger partial charge in [-0.1, -0.05) is 42.4 Å². The summed E-state index contributed by atoms with van der Waals surface area (Å²) >= 11 is 0. The highest BCUT2D eigenvalue weighted by Gasteiger charge is 2.52. The van der Waals surface area contributed by atoms with Gasteiger partial charge in [-0.25, -0.2) is 0 Å². The summed E-state index contributed by atoms with van der Waals surface area (Å²) in [5.41, 5.74) is 2.40. The van der Waals surface area contributed by atoms with Gasteiger partial charge in [0.25, 0.3) is 5.91 Å². The van der Waals surface area contributed by atoms with Gasteiger partial charge in [-0.15, -0.1) is 0 Å². The molecule has 0 aliphatic carbocycles. The molecule has 40 heavy (non-hydrogen) atoms. The molecule has 0 spiro atoms. The standard InChI is InChI=1S/C32H43N3O5/c1-22(2)8-5-9-23(3)15-18-35-28-14-13-25(34-19-16-30(34)38)20-27(28)32(40,31(35)39)24(4)10-6-12-29(37)33-17-7-11-26(33)21-36/h6,8,10,13-15,20,24,26,36,40H,5,7,9,11-12,16-19,21H2,1-4H3/b10-6+,23-15+/t24-,26-,32+/m0/s1. The molecule has 1 aromatic carbocycles. The normalized spacial score (nSPS) is 23.6. The van der Waals surface area contributed by atoms with Crippen molar-refractivity contribution in [1.82, 2.24) is 4.90 Å². The lowest BCUT2D eigenvalue weighted by Gasteiger charge is -2.32. The van der Waals surface area contributed by atoms with Gasteiger partial charge in [-0.3, -0.25) is 14.4 Å². The largest absolute Gasteiger partial charge is 0.394 e. The van der Waals surface area contributed by atoms with Crippen LogP contribution in [0.15, 0.2) is 53.6 Å². The van der Waals surface area contributed by atoms with E-state index >= 15 is 0 Å². The Balaban J connectivity index is 1.57. The highest BCUT2D eigenvalue weighted by Crippen LogP contribution is 2.47. The molecule has 0 saturated carbocycles. The van der Waals surface area contributed by atoms with E-state index in [2.05, 4.69) is 26.8 Å². The zero-order valence-corrected chi connectivity index (χ0v) is 24.2. The molecule has 2 fully saturated rings. The van der Waals surface area contributed by atoms with Crippen LogP contribution in [0.25, 0.3) is 0 Å². The van der Waals surface area contributed by atoms with E-state index in [4.69, 9.17) is 0 Å². The number of fused-ring (bicyclic) bond motifs is 1. The number of hydrogen-bond donors (Lipinski definition) is 2. The molecule has 0 radical (unpaired) electrons. The Morgan fingerprint density at radius 3 is 2.60 bits per heavy atom. The Morgan fingerprint density at radius 2 is 1.95 bits per heavy atom. The monoisotopic (exact) mass is 549 g/mol. The molecule has 0 bridgehead atoms. The third-order valence-corrected chi connectivity index (χ3v) is 8.41. The van der Waals surface area contributed by atoms with Gasteiger partial charge in [0.1, 0.15) is 0 Å². The molecule has 216 valence electrons. The van der Waals surface area contributed by atoms with Crippen LogP contribution in [-0.4, -0.2) is 65.1 Å². The number of carbonyl (C=O) groups is 3. The van der Waals surface area contributed by atoms with Crippen LogP contribution in [0.1, 0.15) is 71.8 Å². The van der Waals surface area contributed by atoms with Crippen molar-refractivity contribution in [3.63, 3.8) is 0 Å². The van der Waals surface area contributed by atoms with Crippen LogP contribution >= 0.6 is 0 Å². The van der Waals surface area contributed by atoms with E-state index in [1.165, 1.54) is 11.1 Å². The van der Waals surface area contributed by atoms with E-state index in [1.807, 2.05) is 18.2 Å². The van der Waals surface area contributed by atoms with Gasteiger partial charge in [0, 0.05) is 49.6 Å². The number of rotatable bonds is 11. The minimum Gasteiger partial charge on any atom is -0.394 e. The van der Waals surface area contributed by atoms with Crippen LogP contribution in [-0.2, 0) is 20.0 Å². The highest BCUT2D eigenvalue weighted by atomic mass is 16.3. The van der Waals surface area contributed by atoms with Gasteiger partial charge in [0.2, 0.25) is 11.8 Å². The summed E-state index contributed by atoms with van der Waals surface area (Å²) in [4.78, 5) is 43.7. The summed E-state index contributed by atoms with van der Waals surface area (Å²) in [7, 11) is 0. The number of hydrogen-bond acceptors (Lipinski definition) is 5. The number of nitrogens with zero attached hydrogens (tertiary/aromatic N) is 3. The number of anilines is 2. The van der Waals surface area contributed by atoms with Crippen molar-refractivity contribution in [2.75, 3.05) is 36.0 Å². The summed E-state index contributed by atoms with van der Waals surface area (Å²) in [5.74, 6) is -1.08. The summed E-state index contributed by atoms with van der Waals surface area (Å²) < 4.78 is 0. The maximum atomic E-state index is 13.9. The quantitative estimate of drug-likeness (QED) is 0.318. The van der Waals surface area contributed by atoms with Gasteiger partial charge in [0.05, 0.1) is 18.3 Å². The Labute approximate surface area is 237 Å². The third-order valence-electron chi connectivity index (χ3n) is 8.41. The van der Waals surface area contributed by atoms with E-state index in [0.29, 0.717) is 43.0 Å². The molecule has 0 unspecified atom stereocenters. The molecule has 3 aliphatic heterocycles. The van der Waals surface area contributed by atoms with E-state index in [9.17, 15) is 24.6 Å². The van der Waals surface area contributed by atoms with Crippen LogP contribution in [0.4, 0.5) is 11.4 Å². The molecule has 3 aliphatic rings. The minimum absolute atomic E-state index is 0.0224. The smallest absolute Gasteiger partial charge is 0.264 e. The fraction of sp³-hybridized carbons (Fsp3) is 0.531. The maximum absolute atomic E-state index is 13.9. The first-order valence-electron chi connectivity index (χ1n) is 14.4. The molecular weight excluding hydrogens is 506 g/mol. The van der Waals surface area contributed by atoms with Gasteiger partial charge >= 0.3 is 0 Å². The molecule has 3 amide bonds. The van der Waals surface area contributed by atoms with Crippen LogP contribution in [0, 0.1) is 5.92 Å². The predicted octanol–water partition coefficient (Wildman–Crippen LogP) is 4.22. The lowest BCUT2D eigenvalue weighted by molar-refractivity contribution is -0.139. The van der Waals surface area contributed by atoms with Crippen LogP contribution in [0.2, 0.25) is 0 Å². The van der Waals surface area contributed by atoms with E-state index in [0.717, 1.165) is 25.7 Å². The number of benzene rings is 1. The van der Waals surface area contributed by atoms with Crippen molar-refractivity contribution in [3.05, 3.63) is 59.2 Å². The Morgan fingerprint density at radius 1 is 1.18 bits per heavy atom. The van der Waals surface area contributed by atoms with Crippen molar-refractivity contribution in [1.29, 1.82) is 0 Å². The van der Waals surface area contributed by atoms with E-state index in [-0.39, 0.29) is 30.9 Å². The second-order valence-electron chi connectivity index (χ2n) is 11.5. The van der Waals surface area contributed by atoms with Gasteiger partial charge in [-0.2, -0.15) is 0 Å². The fourth-order valence-electron chi connectivity index (χ4n) is 5.79. The fourth-order valence-corrected chi connectivity index (χ4v) is 5.79. The average Bonchev–Trinajstić information content (AvgIpc) is 3.48. The van der Waals surface area contributed by atoms with E-state index < -0.39 is 17.4 Å². The highest BCUT2D eigenvalue weighted by molar-refractivity contribution is 6.08. The molecule has 3 heterocycles. The number of carbonyl (C=O) groups excluding carboxylic acids is 3. The SMILES string of the molecule is CC(C)=CCC/C(C)=C/CN1C(=O)[C@@](O)([C@@H](C)/C=C/CC(=O)N2CCC[C@H]2CO)c2cc(N3CCC3=O)ccc21. The van der Waals surface area contributed by atoms with Crippen molar-refractivity contribution >= 4 is 29.1 Å². The number of β-lactam (4-membered cyclic amide) rings is 1. The predicted molar refractivity (Wildman–Crippen MR) is 157 cm³/mol. The van der Waals surface area contributed by atoms with Crippen molar-refractivity contribution < 1.29 is 24.6 Å². The second kappa shape index (κ2) is 12.5. The summed E-state index contributed by atoms with van der Waals surface area (Å²) in [6, 6.07) is 5.28. The molecule has 2 saturated heterocycles. The topological polar surface area (TPSA) is 101 Å². The summed E-state index contributed by atoms with van der Waals surface area (Å²) in [6.07, 6.45) is 11.8. The number of amides is 3. The molecule has 4 rings (SSSR count). The number of aliphatic hydroxyl groups is 2. The zero-order chi connectivity index (χ0) is 29.0. The lowest BCUT2D eigenvalue weighted by atomic mass is 9.82. The number of likely N-dealkylation sites (tertiary alicyclic amines) is 1. The molecule has 1 aromatic rings. The first-order chi connectivity index (χ1) is 19.1. The van der Waals surface area contributed by atoms with Gasteiger partial charge < -0.3 is 24.9 Å². The first kappa shape index (κ1) is 29.7. The molecule has 0 aromatic heterocycles. The Hall–Kier alpha value is -3.23. The van der Waals surface area contributed by atoms with E-state index in [1.54, 1.807) is 39.8 Å². The van der Waals surface area contributed by atoms with Crippen molar-refractivity contribution in [2.45, 2.75) is 77.9 Å². The van der Waals surface area contributed by atoms with Crippen molar-refractivity contribution in [2.24, 2.45) is 5.92 Å². The minimum atomic E-state index is -1.83. The molecule has 2 N–H and O–H groups in total. The molecule has 3 atom stereocenters. The Kier molecular flexibility index (Phi) is 9.31. The summed E-state index contributed by atoms with van der Waals surface area (Å²) in [5, 5.41) is 21.6. The van der Waals surface area contributed by atoms with Gasteiger partial charge in [-0.05, 0) is 64.7 Å². The second-order valence-corrected chi connectivity index (χ2v) is 11.5. The van der Waals surface area contributed by atoms with Crippen LogP contribution < -0.4 is 9.80 Å². The first-order valence-corrected chi connectivity index (χ1v) is 14.4. The average molecular weight is 550 g/mol. The number of allylic oxidation sites excluding steroid dienone is 3. The van der Waals surface area contributed by atoms with Gasteiger partial charge in [0.15, 0.2) is 5.60 Å². The maximum Gasteiger partial charge on any atom is 0.264 e.